The van der Waals surface area contributed by atoms with Crippen LogP contribution >= 0.6 is 0 Å². The molecule has 0 unspecified atom stereocenters. The zero-order valence-electron chi connectivity index (χ0n) is 38.0. The highest BCUT2D eigenvalue weighted by atomic mass is 16.7. The molecule has 0 radical (unpaired) electrons. The van der Waals surface area contributed by atoms with Gasteiger partial charge in [0.1, 0.15) is 24.9 Å². The second kappa shape index (κ2) is 17.0. The number of carbonyl (C=O) groups is 2. The summed E-state index contributed by atoms with van der Waals surface area (Å²) in [4.78, 5) is 26.2. The zero-order chi connectivity index (χ0) is 44.9. The summed E-state index contributed by atoms with van der Waals surface area (Å²) in [6.45, 7) is 22.2. The van der Waals surface area contributed by atoms with E-state index in [1.54, 1.807) is 36.4 Å². The molecule has 62 heavy (non-hydrogen) atoms. The number of carbonyl (C=O) groups excluding carboxylic acids is 2. The van der Waals surface area contributed by atoms with Crippen molar-refractivity contribution in [3.05, 3.63) is 141 Å². The van der Waals surface area contributed by atoms with Crippen LogP contribution in [0, 0.1) is 0 Å². The predicted molar refractivity (Wildman–Crippen MR) is 246 cm³/mol. The molecule has 8 nitrogen and oxygen atoms in total. The lowest BCUT2D eigenvalue weighted by Crippen LogP contribution is -2.60. The fourth-order valence-corrected chi connectivity index (χ4v) is 9.38. The standard InChI is InChI=1S/C54H64O8/c1-32(38-19-21-40-42(29-38)53(7,8)25-23-51(40,3)4)27-34-11-15-36(16-12-34)48(57)60-31-44-45(55)46(56)47(50(59)61-44)62-49(58)37-17-13-35(14-18-37)28-33(2)39-20-22-41-43(30-39)54(9,10)26-24-52(41,5)6/h11-22,27-30,44-47,50,55-56,59H,23-26,31H2,1-10H3/t44-,45-,46+,47-,50+/m1/s1. The molecule has 1 heterocycles. The second-order valence-electron chi connectivity index (χ2n) is 20.5. The number of hydrogen-bond donors (Lipinski definition) is 3. The lowest BCUT2D eigenvalue weighted by Gasteiger charge is -2.42. The van der Waals surface area contributed by atoms with Crippen molar-refractivity contribution in [2.24, 2.45) is 0 Å². The highest BCUT2D eigenvalue weighted by molar-refractivity contribution is 5.91. The van der Waals surface area contributed by atoms with Crippen LogP contribution in [-0.4, -0.2) is 64.6 Å². The molecule has 328 valence electrons. The van der Waals surface area contributed by atoms with Crippen molar-refractivity contribution < 1.29 is 39.1 Å². The molecule has 1 saturated heterocycles. The average molecular weight is 841 g/mol. The molecule has 5 atom stereocenters. The van der Waals surface area contributed by atoms with Crippen LogP contribution in [0.3, 0.4) is 0 Å². The SMILES string of the molecule is CC(=Cc1ccc(C(=O)OC[C@H]2O[C@H](O)[C@H](OC(=O)c3ccc(C=C(C)c4ccc5c(c4)C(C)(C)CCC5(C)C)cc3)[C@@H](O)[C@@H]2O)cc1)c1ccc2c(c1)C(C)(C)CCC2(C)C. The third kappa shape index (κ3) is 9.26. The van der Waals surface area contributed by atoms with Gasteiger partial charge in [-0.3, -0.25) is 0 Å². The Labute approximate surface area is 367 Å². The summed E-state index contributed by atoms with van der Waals surface area (Å²) < 4.78 is 16.4. The van der Waals surface area contributed by atoms with E-state index in [1.807, 2.05) is 12.1 Å². The van der Waals surface area contributed by atoms with Gasteiger partial charge in [0.25, 0.3) is 0 Å². The van der Waals surface area contributed by atoms with Gasteiger partial charge in [-0.25, -0.2) is 9.59 Å². The van der Waals surface area contributed by atoms with Gasteiger partial charge < -0.3 is 29.5 Å². The molecular formula is C54H64O8. The largest absolute Gasteiger partial charge is 0.459 e. The summed E-state index contributed by atoms with van der Waals surface area (Å²) in [6, 6.07) is 27.4. The number of aliphatic hydroxyl groups excluding tert-OH is 3. The first kappa shape index (κ1) is 45.2. The van der Waals surface area contributed by atoms with Crippen LogP contribution in [0.25, 0.3) is 23.3 Å². The summed E-state index contributed by atoms with van der Waals surface area (Å²) in [5, 5.41) is 32.6. The molecule has 0 bridgehead atoms. The Balaban J connectivity index is 0.923. The van der Waals surface area contributed by atoms with Crippen LogP contribution in [0.4, 0.5) is 0 Å². The van der Waals surface area contributed by atoms with Gasteiger partial charge in [-0.2, -0.15) is 0 Å². The molecule has 3 aliphatic rings. The molecule has 0 spiro atoms. The molecule has 7 rings (SSSR count). The van der Waals surface area contributed by atoms with Crippen molar-refractivity contribution in [3.8, 4) is 0 Å². The topological polar surface area (TPSA) is 123 Å². The molecule has 3 N–H and O–H groups in total. The number of rotatable bonds is 9. The minimum atomic E-state index is -1.78. The first-order chi connectivity index (χ1) is 29.1. The van der Waals surface area contributed by atoms with Gasteiger partial charge in [-0.05, 0) is 141 Å². The van der Waals surface area contributed by atoms with Gasteiger partial charge in [0.15, 0.2) is 12.4 Å². The molecule has 4 aromatic carbocycles. The number of esters is 2. The van der Waals surface area contributed by atoms with E-state index in [0.29, 0.717) is 5.56 Å². The van der Waals surface area contributed by atoms with Crippen LogP contribution in [-0.2, 0) is 35.9 Å². The third-order valence-electron chi connectivity index (χ3n) is 14.0. The molecule has 4 aromatic rings. The van der Waals surface area contributed by atoms with Crippen molar-refractivity contribution in [1.82, 2.24) is 0 Å². The van der Waals surface area contributed by atoms with Crippen LogP contribution in [0.2, 0.25) is 0 Å². The Morgan fingerprint density at radius 2 is 0.952 bits per heavy atom. The Kier molecular flexibility index (Phi) is 12.4. The summed E-state index contributed by atoms with van der Waals surface area (Å²) in [5.41, 5.74) is 12.9. The van der Waals surface area contributed by atoms with Crippen molar-refractivity contribution in [3.63, 3.8) is 0 Å². The number of aliphatic hydroxyl groups is 3. The van der Waals surface area contributed by atoms with Gasteiger partial charge >= 0.3 is 11.9 Å². The normalized spacial score (nSPS) is 25.0. The lowest BCUT2D eigenvalue weighted by atomic mass is 9.63. The molecule has 8 heteroatoms. The molecular weight excluding hydrogens is 777 g/mol. The number of ether oxygens (including phenoxy) is 3. The summed E-state index contributed by atoms with van der Waals surface area (Å²) in [5.74, 6) is -1.46. The van der Waals surface area contributed by atoms with E-state index in [0.717, 1.165) is 59.1 Å². The zero-order valence-corrected chi connectivity index (χ0v) is 38.0. The quantitative estimate of drug-likeness (QED) is 0.113. The maximum Gasteiger partial charge on any atom is 0.338 e. The number of allylic oxidation sites excluding steroid dienone is 2. The molecule has 1 fully saturated rings. The summed E-state index contributed by atoms with van der Waals surface area (Å²) in [6.07, 6.45) is 0.809. The Hall–Kier alpha value is -4.86. The number of hydrogen-bond acceptors (Lipinski definition) is 8. The third-order valence-corrected chi connectivity index (χ3v) is 14.0. The van der Waals surface area contributed by atoms with Gasteiger partial charge in [0.05, 0.1) is 11.1 Å². The van der Waals surface area contributed by atoms with Crippen LogP contribution in [0.5, 0.6) is 0 Å². The number of benzene rings is 4. The smallest absolute Gasteiger partial charge is 0.338 e. The van der Waals surface area contributed by atoms with Gasteiger partial charge in [-0.15, -0.1) is 0 Å². The minimum Gasteiger partial charge on any atom is -0.459 e. The van der Waals surface area contributed by atoms with E-state index in [-0.39, 0.29) is 27.2 Å². The minimum absolute atomic E-state index is 0.100. The molecule has 0 amide bonds. The van der Waals surface area contributed by atoms with Crippen LogP contribution < -0.4 is 0 Å². The fourth-order valence-electron chi connectivity index (χ4n) is 9.38. The van der Waals surface area contributed by atoms with Crippen LogP contribution in [0.15, 0.2) is 84.9 Å². The Bertz CT molecular complexity index is 2380. The van der Waals surface area contributed by atoms with Crippen molar-refractivity contribution in [2.45, 2.75) is 147 Å². The molecule has 0 saturated carbocycles. The maximum absolute atomic E-state index is 13.2. The van der Waals surface area contributed by atoms with E-state index in [9.17, 15) is 24.9 Å². The Morgan fingerprint density at radius 3 is 1.39 bits per heavy atom. The summed E-state index contributed by atoms with van der Waals surface area (Å²) >= 11 is 0. The van der Waals surface area contributed by atoms with Crippen molar-refractivity contribution in [2.75, 3.05) is 6.61 Å². The van der Waals surface area contributed by atoms with E-state index in [2.05, 4.69) is 118 Å². The van der Waals surface area contributed by atoms with Gasteiger partial charge in [-0.1, -0.05) is 128 Å². The van der Waals surface area contributed by atoms with Crippen molar-refractivity contribution >= 4 is 35.2 Å². The first-order valence-electron chi connectivity index (χ1n) is 22.0. The fraction of sp³-hybridized carbons (Fsp3) is 0.444. The monoisotopic (exact) mass is 840 g/mol. The molecule has 0 aromatic heterocycles. The maximum atomic E-state index is 13.2. The van der Waals surface area contributed by atoms with E-state index in [4.69, 9.17) is 14.2 Å². The highest BCUT2D eigenvalue weighted by Crippen LogP contribution is 2.48. The van der Waals surface area contributed by atoms with Crippen LogP contribution in [0.1, 0.15) is 160 Å². The van der Waals surface area contributed by atoms with E-state index < -0.39 is 49.3 Å². The predicted octanol–water partition coefficient (Wildman–Crippen LogP) is 10.3. The first-order valence-corrected chi connectivity index (χ1v) is 22.0. The second-order valence-corrected chi connectivity index (χ2v) is 20.5. The van der Waals surface area contributed by atoms with E-state index in [1.165, 1.54) is 22.3 Å². The summed E-state index contributed by atoms with van der Waals surface area (Å²) in [7, 11) is 0. The highest BCUT2D eigenvalue weighted by Gasteiger charge is 2.47. The van der Waals surface area contributed by atoms with Crippen molar-refractivity contribution in [1.29, 1.82) is 0 Å². The molecule has 1 aliphatic heterocycles. The molecule has 2 aliphatic carbocycles. The van der Waals surface area contributed by atoms with Gasteiger partial charge in [0, 0.05) is 0 Å². The number of fused-ring (bicyclic) bond motifs is 2. The van der Waals surface area contributed by atoms with Gasteiger partial charge in [0.2, 0.25) is 0 Å². The Morgan fingerprint density at radius 1 is 0.565 bits per heavy atom. The average Bonchev–Trinajstić information content (AvgIpc) is 3.23. The van der Waals surface area contributed by atoms with E-state index >= 15 is 0 Å². The lowest BCUT2D eigenvalue weighted by molar-refractivity contribution is -0.285.